The Morgan fingerprint density at radius 2 is 2.25 bits per heavy atom. The summed E-state index contributed by atoms with van der Waals surface area (Å²) in [6, 6.07) is 7.76. The fourth-order valence-electron chi connectivity index (χ4n) is 1.57. The summed E-state index contributed by atoms with van der Waals surface area (Å²) >= 11 is 0. The topological polar surface area (TPSA) is 57.8 Å². The van der Waals surface area contributed by atoms with Gasteiger partial charge in [0.1, 0.15) is 5.82 Å². The summed E-state index contributed by atoms with van der Waals surface area (Å²) in [7, 11) is 0. The fraction of sp³-hybridized carbons (Fsp3) is 0.333. The first-order valence-electron chi connectivity index (χ1n) is 5.50. The molecule has 84 valence electrons. The van der Waals surface area contributed by atoms with Crippen LogP contribution in [-0.2, 0) is 11.2 Å². The Labute approximate surface area is 94.1 Å². The van der Waals surface area contributed by atoms with Crippen LogP contribution in [-0.4, -0.2) is 22.4 Å². The zero-order valence-electron chi connectivity index (χ0n) is 9.29. The van der Waals surface area contributed by atoms with Crippen LogP contribution in [0, 0.1) is 0 Å². The number of amides is 1. The number of benzene rings is 1. The predicted molar refractivity (Wildman–Crippen MR) is 63.1 cm³/mol. The van der Waals surface area contributed by atoms with Gasteiger partial charge in [0.25, 0.3) is 0 Å². The number of rotatable bonds is 4. The Morgan fingerprint density at radius 3 is 3.00 bits per heavy atom. The third-order valence-electron chi connectivity index (χ3n) is 2.34. The predicted octanol–water partition coefficient (Wildman–Crippen LogP) is 1.63. The van der Waals surface area contributed by atoms with E-state index < -0.39 is 0 Å². The molecule has 2 aromatic rings. The Bertz CT molecular complexity index is 457. The van der Waals surface area contributed by atoms with Crippen molar-refractivity contribution in [1.29, 1.82) is 0 Å². The van der Waals surface area contributed by atoms with Crippen molar-refractivity contribution in [3.63, 3.8) is 0 Å². The number of H-pyrrole nitrogens is 1. The lowest BCUT2D eigenvalue weighted by atomic mass is 10.3. The van der Waals surface area contributed by atoms with E-state index in [1.807, 2.05) is 31.2 Å². The molecule has 4 nitrogen and oxygen atoms in total. The van der Waals surface area contributed by atoms with Crippen LogP contribution in [0.2, 0.25) is 0 Å². The maximum atomic E-state index is 11.5. The van der Waals surface area contributed by atoms with Crippen LogP contribution in [0.15, 0.2) is 24.3 Å². The molecule has 2 N–H and O–H groups in total. The van der Waals surface area contributed by atoms with E-state index in [0.717, 1.165) is 29.8 Å². The van der Waals surface area contributed by atoms with E-state index in [9.17, 15) is 4.79 Å². The Kier molecular flexibility index (Phi) is 3.19. The van der Waals surface area contributed by atoms with Crippen molar-refractivity contribution in [1.82, 2.24) is 15.3 Å². The lowest BCUT2D eigenvalue weighted by Gasteiger charge is -2.00. The quantitative estimate of drug-likeness (QED) is 0.817. The number of hydrogen-bond acceptors (Lipinski definition) is 2. The van der Waals surface area contributed by atoms with Crippen LogP contribution in [0.5, 0.6) is 0 Å². The monoisotopic (exact) mass is 217 g/mol. The maximum absolute atomic E-state index is 11.5. The molecule has 1 aromatic heterocycles. The first-order chi connectivity index (χ1) is 7.79. The smallest absolute Gasteiger partial charge is 0.227 e. The maximum Gasteiger partial charge on any atom is 0.227 e. The van der Waals surface area contributed by atoms with Gasteiger partial charge in [0.05, 0.1) is 17.5 Å². The van der Waals surface area contributed by atoms with Crippen LogP contribution in [0.4, 0.5) is 0 Å². The van der Waals surface area contributed by atoms with Gasteiger partial charge in [-0.1, -0.05) is 19.1 Å². The van der Waals surface area contributed by atoms with E-state index in [0.29, 0.717) is 6.42 Å². The number of carbonyl (C=O) groups is 1. The number of imidazole rings is 1. The van der Waals surface area contributed by atoms with Crippen LogP contribution < -0.4 is 5.32 Å². The molecule has 2 rings (SSSR count). The molecule has 1 heterocycles. The minimum Gasteiger partial charge on any atom is -0.356 e. The van der Waals surface area contributed by atoms with Crippen LogP contribution in [0.25, 0.3) is 11.0 Å². The average molecular weight is 217 g/mol. The normalized spacial score (nSPS) is 10.6. The molecule has 0 aliphatic rings. The minimum atomic E-state index is 0.0147. The van der Waals surface area contributed by atoms with Gasteiger partial charge in [-0.05, 0) is 18.6 Å². The molecule has 0 unspecified atom stereocenters. The molecule has 0 radical (unpaired) electrons. The molecule has 0 fully saturated rings. The number of nitrogens with one attached hydrogen (secondary N) is 2. The molecule has 0 aliphatic carbocycles. The second kappa shape index (κ2) is 4.79. The molecular weight excluding hydrogens is 202 g/mol. The molecule has 0 aliphatic heterocycles. The van der Waals surface area contributed by atoms with E-state index in [4.69, 9.17) is 0 Å². The van der Waals surface area contributed by atoms with E-state index in [2.05, 4.69) is 15.3 Å². The Balaban J connectivity index is 2.07. The van der Waals surface area contributed by atoms with Gasteiger partial charge in [-0.2, -0.15) is 0 Å². The number of nitrogens with zero attached hydrogens (tertiary/aromatic N) is 1. The van der Waals surface area contributed by atoms with Crippen molar-refractivity contribution < 1.29 is 4.79 Å². The van der Waals surface area contributed by atoms with E-state index in [1.54, 1.807) is 0 Å². The standard InChI is InChI=1S/C12H15N3O/c1-2-7-13-12(16)8-11-14-9-5-3-4-6-10(9)15-11/h3-6H,2,7-8H2,1H3,(H,13,16)(H,14,15). The van der Waals surface area contributed by atoms with Gasteiger partial charge in [0.15, 0.2) is 0 Å². The summed E-state index contributed by atoms with van der Waals surface area (Å²) < 4.78 is 0. The molecule has 1 aromatic carbocycles. The average Bonchev–Trinajstić information content (AvgIpc) is 2.68. The number of para-hydroxylation sites is 2. The Morgan fingerprint density at radius 1 is 1.44 bits per heavy atom. The first kappa shape index (κ1) is 10.7. The molecular formula is C12H15N3O. The summed E-state index contributed by atoms with van der Waals surface area (Å²) in [6.45, 7) is 2.75. The lowest BCUT2D eigenvalue weighted by molar-refractivity contribution is -0.120. The fourth-order valence-corrected chi connectivity index (χ4v) is 1.57. The highest BCUT2D eigenvalue weighted by atomic mass is 16.1. The van der Waals surface area contributed by atoms with Gasteiger partial charge in [0.2, 0.25) is 5.91 Å². The molecule has 1 amide bonds. The van der Waals surface area contributed by atoms with Crippen molar-refractivity contribution in [3.05, 3.63) is 30.1 Å². The largest absolute Gasteiger partial charge is 0.356 e. The highest BCUT2D eigenvalue weighted by molar-refractivity contribution is 5.80. The van der Waals surface area contributed by atoms with Crippen LogP contribution >= 0.6 is 0 Å². The van der Waals surface area contributed by atoms with Crippen molar-refractivity contribution in [3.8, 4) is 0 Å². The zero-order valence-corrected chi connectivity index (χ0v) is 9.29. The van der Waals surface area contributed by atoms with Gasteiger partial charge < -0.3 is 10.3 Å². The minimum absolute atomic E-state index is 0.0147. The SMILES string of the molecule is CCCNC(=O)Cc1nc2ccccc2[nH]1. The van der Waals surface area contributed by atoms with Crippen molar-refractivity contribution >= 4 is 16.9 Å². The molecule has 0 bridgehead atoms. The number of aromatic nitrogens is 2. The molecule has 0 spiro atoms. The number of fused-ring (bicyclic) bond motifs is 1. The highest BCUT2D eigenvalue weighted by Gasteiger charge is 2.06. The van der Waals surface area contributed by atoms with Gasteiger partial charge >= 0.3 is 0 Å². The summed E-state index contributed by atoms with van der Waals surface area (Å²) in [5.41, 5.74) is 1.88. The molecule has 0 atom stereocenters. The summed E-state index contributed by atoms with van der Waals surface area (Å²) in [5, 5.41) is 2.83. The van der Waals surface area contributed by atoms with Crippen molar-refractivity contribution in [2.24, 2.45) is 0 Å². The van der Waals surface area contributed by atoms with Crippen LogP contribution in [0.3, 0.4) is 0 Å². The number of aromatic amines is 1. The van der Waals surface area contributed by atoms with Crippen molar-refractivity contribution in [2.75, 3.05) is 6.54 Å². The van der Waals surface area contributed by atoms with Gasteiger partial charge in [-0.15, -0.1) is 0 Å². The summed E-state index contributed by atoms with van der Waals surface area (Å²) in [6.07, 6.45) is 1.26. The van der Waals surface area contributed by atoms with Crippen LogP contribution in [0.1, 0.15) is 19.2 Å². The zero-order chi connectivity index (χ0) is 11.4. The lowest BCUT2D eigenvalue weighted by Crippen LogP contribution is -2.26. The highest BCUT2D eigenvalue weighted by Crippen LogP contribution is 2.10. The van der Waals surface area contributed by atoms with Crippen molar-refractivity contribution in [2.45, 2.75) is 19.8 Å². The third-order valence-corrected chi connectivity index (χ3v) is 2.34. The van der Waals surface area contributed by atoms with Gasteiger partial charge in [0, 0.05) is 6.54 Å². The number of carbonyl (C=O) groups excluding carboxylic acids is 1. The van der Waals surface area contributed by atoms with Gasteiger partial charge in [-0.25, -0.2) is 4.98 Å². The van der Waals surface area contributed by atoms with E-state index in [-0.39, 0.29) is 5.91 Å². The summed E-state index contributed by atoms with van der Waals surface area (Å²) in [5.74, 6) is 0.732. The molecule has 0 saturated heterocycles. The van der Waals surface area contributed by atoms with Gasteiger partial charge in [-0.3, -0.25) is 4.79 Å². The molecule has 4 heteroatoms. The molecule has 0 saturated carbocycles. The molecule has 16 heavy (non-hydrogen) atoms. The Hall–Kier alpha value is -1.84. The third kappa shape index (κ3) is 2.39. The number of hydrogen-bond donors (Lipinski definition) is 2. The second-order valence-electron chi connectivity index (χ2n) is 3.73. The first-order valence-corrected chi connectivity index (χ1v) is 5.50. The van der Waals surface area contributed by atoms with E-state index in [1.165, 1.54) is 0 Å². The second-order valence-corrected chi connectivity index (χ2v) is 3.73. The van der Waals surface area contributed by atoms with E-state index >= 15 is 0 Å². The summed E-state index contributed by atoms with van der Waals surface area (Å²) in [4.78, 5) is 19.0.